The molecule has 0 heterocycles. The highest BCUT2D eigenvalue weighted by atomic mass is 35.5. The van der Waals surface area contributed by atoms with E-state index in [0.29, 0.717) is 6.42 Å². The number of hydrogen-bond donors (Lipinski definition) is 1. The predicted molar refractivity (Wildman–Crippen MR) is 89.3 cm³/mol. The molecule has 1 aromatic rings. The molecule has 0 atom stereocenters. The fourth-order valence-electron chi connectivity index (χ4n) is 3.04. The summed E-state index contributed by atoms with van der Waals surface area (Å²) >= 11 is 11.8. The summed E-state index contributed by atoms with van der Waals surface area (Å²) < 4.78 is 0. The van der Waals surface area contributed by atoms with E-state index in [-0.39, 0.29) is 38.8 Å². The van der Waals surface area contributed by atoms with Crippen molar-refractivity contribution in [3.8, 4) is 5.75 Å². The Hall–Kier alpha value is -0.730. The topological polar surface area (TPSA) is 37.3 Å². The Bertz CT molecular complexity index is 505. The molecule has 0 unspecified atom stereocenters. The van der Waals surface area contributed by atoms with Gasteiger partial charge in [-0.3, -0.25) is 4.79 Å². The quantitative estimate of drug-likeness (QED) is 0.755. The molecule has 1 aromatic carbocycles. The number of ketones is 1. The number of phenols is 1. The number of carbonyl (C=O) groups excluding carboxylic acids is 1. The lowest BCUT2D eigenvalue weighted by Crippen LogP contribution is -2.24. The summed E-state index contributed by atoms with van der Waals surface area (Å²) in [6.07, 6.45) is 1.77. The molecule has 4 heteroatoms. The standard InChI is InChI=1S/C17H24Cl2O2/c1-16(2,3)10-17(4,5)9-12(20)6-11-7-13(18)15(21)14(19)8-11/h7-8,21H,6,9-10H2,1-5H3. The maximum Gasteiger partial charge on any atom is 0.152 e. The molecule has 0 aliphatic heterocycles. The summed E-state index contributed by atoms with van der Waals surface area (Å²) in [4.78, 5) is 12.3. The molecule has 0 spiro atoms. The van der Waals surface area contributed by atoms with Gasteiger partial charge in [-0.15, -0.1) is 0 Å². The van der Waals surface area contributed by atoms with Crippen LogP contribution in [0.4, 0.5) is 0 Å². The first-order valence-corrected chi connectivity index (χ1v) is 7.84. The van der Waals surface area contributed by atoms with Gasteiger partial charge >= 0.3 is 0 Å². The van der Waals surface area contributed by atoms with Crippen molar-refractivity contribution in [2.45, 2.75) is 53.9 Å². The van der Waals surface area contributed by atoms with Crippen molar-refractivity contribution in [1.29, 1.82) is 0 Å². The number of benzene rings is 1. The van der Waals surface area contributed by atoms with E-state index in [0.717, 1.165) is 12.0 Å². The van der Waals surface area contributed by atoms with Crippen LogP contribution in [-0.4, -0.2) is 10.9 Å². The first-order valence-electron chi connectivity index (χ1n) is 7.08. The Morgan fingerprint density at radius 3 is 2.00 bits per heavy atom. The van der Waals surface area contributed by atoms with E-state index in [9.17, 15) is 9.90 Å². The number of carbonyl (C=O) groups is 1. The monoisotopic (exact) mass is 330 g/mol. The van der Waals surface area contributed by atoms with Gasteiger partial charge in [0, 0.05) is 12.8 Å². The summed E-state index contributed by atoms with van der Waals surface area (Å²) in [6.45, 7) is 10.8. The predicted octanol–water partition coefficient (Wildman–Crippen LogP) is 5.66. The van der Waals surface area contributed by atoms with Gasteiger partial charge in [-0.1, -0.05) is 57.8 Å². The van der Waals surface area contributed by atoms with Crippen molar-refractivity contribution < 1.29 is 9.90 Å². The van der Waals surface area contributed by atoms with Gasteiger partial charge in [0.1, 0.15) is 5.78 Å². The Balaban J connectivity index is 2.74. The van der Waals surface area contributed by atoms with E-state index >= 15 is 0 Å². The largest absolute Gasteiger partial charge is 0.505 e. The molecule has 0 aromatic heterocycles. The maximum absolute atomic E-state index is 12.3. The Labute approximate surface area is 137 Å². The molecule has 1 N–H and O–H groups in total. The second kappa shape index (κ2) is 6.58. The van der Waals surface area contributed by atoms with Gasteiger partial charge in [0.15, 0.2) is 5.75 Å². The van der Waals surface area contributed by atoms with Crippen LogP contribution in [0.1, 0.15) is 53.0 Å². The second-order valence-electron chi connectivity index (χ2n) is 7.70. The van der Waals surface area contributed by atoms with Crippen molar-refractivity contribution in [2.75, 3.05) is 0 Å². The molecule has 0 saturated heterocycles. The van der Waals surface area contributed by atoms with Gasteiger partial charge in [0.25, 0.3) is 0 Å². The lowest BCUT2D eigenvalue weighted by molar-refractivity contribution is -0.120. The molecule has 0 fully saturated rings. The summed E-state index contributed by atoms with van der Waals surface area (Å²) in [6, 6.07) is 3.19. The van der Waals surface area contributed by atoms with Crippen molar-refractivity contribution in [1.82, 2.24) is 0 Å². The van der Waals surface area contributed by atoms with E-state index in [2.05, 4.69) is 34.6 Å². The SMILES string of the molecule is CC(C)(C)CC(C)(C)CC(=O)Cc1cc(Cl)c(O)c(Cl)c1. The Morgan fingerprint density at radius 2 is 1.57 bits per heavy atom. The average Bonchev–Trinajstić information content (AvgIpc) is 2.20. The summed E-state index contributed by atoms with van der Waals surface area (Å²) in [5, 5.41) is 9.89. The number of rotatable bonds is 5. The highest BCUT2D eigenvalue weighted by Crippen LogP contribution is 2.37. The molecular weight excluding hydrogens is 307 g/mol. The van der Waals surface area contributed by atoms with Crippen LogP contribution in [0.3, 0.4) is 0 Å². The third-order valence-electron chi connectivity index (χ3n) is 3.16. The number of hydrogen-bond acceptors (Lipinski definition) is 2. The fourth-order valence-corrected chi connectivity index (χ4v) is 3.57. The van der Waals surface area contributed by atoms with Crippen molar-refractivity contribution in [2.24, 2.45) is 10.8 Å². The first-order chi connectivity index (χ1) is 9.39. The molecule has 0 bridgehead atoms. The second-order valence-corrected chi connectivity index (χ2v) is 8.52. The molecule has 0 radical (unpaired) electrons. The molecule has 0 aliphatic rings. The summed E-state index contributed by atoms with van der Waals surface area (Å²) in [7, 11) is 0. The van der Waals surface area contributed by atoms with Gasteiger partial charge in [0.05, 0.1) is 10.0 Å². The summed E-state index contributed by atoms with van der Waals surface area (Å²) in [5.41, 5.74) is 0.883. The molecular formula is C17H24Cl2O2. The third-order valence-corrected chi connectivity index (χ3v) is 3.74. The zero-order chi connectivity index (χ0) is 16.4. The highest BCUT2D eigenvalue weighted by molar-refractivity contribution is 6.37. The molecule has 0 aliphatic carbocycles. The number of aromatic hydroxyl groups is 1. The zero-order valence-corrected chi connectivity index (χ0v) is 14.9. The van der Waals surface area contributed by atoms with Crippen LogP contribution in [0.25, 0.3) is 0 Å². The zero-order valence-electron chi connectivity index (χ0n) is 13.4. The minimum atomic E-state index is -0.136. The molecule has 21 heavy (non-hydrogen) atoms. The van der Waals surface area contributed by atoms with Gasteiger partial charge in [-0.05, 0) is 34.9 Å². The van der Waals surface area contributed by atoms with E-state index in [1.807, 2.05) is 0 Å². The Kier molecular flexibility index (Phi) is 5.74. The van der Waals surface area contributed by atoms with E-state index in [1.54, 1.807) is 12.1 Å². The van der Waals surface area contributed by atoms with Gasteiger partial charge in [0.2, 0.25) is 0 Å². The molecule has 2 nitrogen and oxygen atoms in total. The minimum Gasteiger partial charge on any atom is -0.505 e. The average molecular weight is 331 g/mol. The lowest BCUT2D eigenvalue weighted by Gasteiger charge is -2.32. The normalized spacial score (nSPS) is 12.5. The van der Waals surface area contributed by atoms with E-state index in [1.165, 1.54) is 0 Å². The molecule has 118 valence electrons. The van der Waals surface area contributed by atoms with Gasteiger partial charge in [-0.2, -0.15) is 0 Å². The van der Waals surface area contributed by atoms with E-state index < -0.39 is 0 Å². The number of Topliss-reactive ketones (excluding diaryl/α,β-unsaturated/α-hetero) is 1. The van der Waals surface area contributed by atoms with Crippen LogP contribution >= 0.6 is 23.2 Å². The highest BCUT2D eigenvalue weighted by Gasteiger charge is 2.27. The van der Waals surface area contributed by atoms with E-state index in [4.69, 9.17) is 23.2 Å². The van der Waals surface area contributed by atoms with Crippen LogP contribution in [0.5, 0.6) is 5.75 Å². The maximum atomic E-state index is 12.3. The lowest BCUT2D eigenvalue weighted by atomic mass is 9.73. The van der Waals surface area contributed by atoms with Gasteiger partial charge < -0.3 is 5.11 Å². The first kappa shape index (κ1) is 18.3. The van der Waals surface area contributed by atoms with Crippen molar-refractivity contribution in [3.05, 3.63) is 27.7 Å². The van der Waals surface area contributed by atoms with Crippen molar-refractivity contribution >= 4 is 29.0 Å². The molecule has 0 amide bonds. The summed E-state index contributed by atoms with van der Waals surface area (Å²) in [5.74, 6) is 0.0182. The van der Waals surface area contributed by atoms with Crippen LogP contribution in [0.15, 0.2) is 12.1 Å². The number of halogens is 2. The number of phenolic OH excluding ortho intramolecular Hbond substituents is 1. The molecule has 1 rings (SSSR count). The van der Waals surface area contributed by atoms with Crippen LogP contribution in [-0.2, 0) is 11.2 Å². The fraction of sp³-hybridized carbons (Fsp3) is 0.588. The Morgan fingerprint density at radius 1 is 1.10 bits per heavy atom. The minimum absolute atomic E-state index is 0.0418. The third kappa shape index (κ3) is 6.27. The molecule has 0 saturated carbocycles. The van der Waals surface area contributed by atoms with Crippen LogP contribution in [0, 0.1) is 10.8 Å². The van der Waals surface area contributed by atoms with Crippen molar-refractivity contribution in [3.63, 3.8) is 0 Å². The van der Waals surface area contributed by atoms with Crippen LogP contribution in [0.2, 0.25) is 10.0 Å². The van der Waals surface area contributed by atoms with Crippen LogP contribution < -0.4 is 0 Å². The smallest absolute Gasteiger partial charge is 0.152 e. The van der Waals surface area contributed by atoms with Gasteiger partial charge in [-0.25, -0.2) is 0 Å².